The summed E-state index contributed by atoms with van der Waals surface area (Å²) in [6.45, 7) is 0. The van der Waals surface area contributed by atoms with Gasteiger partial charge in [-0.05, 0) is 35.4 Å². The molecular weight excluding hydrogens is 345 g/mol. The number of halogens is 2. The van der Waals surface area contributed by atoms with Crippen LogP contribution in [0.2, 0.25) is 5.02 Å². The van der Waals surface area contributed by atoms with Gasteiger partial charge < -0.3 is 5.32 Å². The van der Waals surface area contributed by atoms with Crippen molar-refractivity contribution in [2.45, 2.75) is 12.3 Å². The van der Waals surface area contributed by atoms with Crippen molar-refractivity contribution >= 4 is 34.5 Å². The van der Waals surface area contributed by atoms with Gasteiger partial charge in [0.2, 0.25) is 5.91 Å². The maximum absolute atomic E-state index is 13.6. The standard InChI is InChI=1S/C19H13ClFNOS/c20-13-5-1-3-11(7-13)15-9-17(23)22-18-16(10-24-19(15)18)12-4-2-6-14(21)8-12/h1-8,10,15H,9H2,(H,22,23)/t15-/m0/s1. The van der Waals surface area contributed by atoms with Crippen molar-refractivity contribution in [1.82, 2.24) is 0 Å². The highest BCUT2D eigenvalue weighted by atomic mass is 35.5. The second-order valence-electron chi connectivity index (χ2n) is 5.76. The zero-order valence-electron chi connectivity index (χ0n) is 12.6. The Morgan fingerprint density at radius 2 is 2.00 bits per heavy atom. The van der Waals surface area contributed by atoms with Gasteiger partial charge in [0.05, 0.1) is 5.69 Å². The van der Waals surface area contributed by atoms with Gasteiger partial charge in [-0.1, -0.05) is 35.9 Å². The fourth-order valence-electron chi connectivity index (χ4n) is 3.09. The minimum atomic E-state index is -0.291. The van der Waals surface area contributed by atoms with Crippen LogP contribution in [-0.4, -0.2) is 5.91 Å². The lowest BCUT2D eigenvalue weighted by Crippen LogP contribution is -2.22. The van der Waals surface area contributed by atoms with Gasteiger partial charge in [0.15, 0.2) is 0 Å². The molecule has 3 aromatic rings. The Morgan fingerprint density at radius 1 is 1.17 bits per heavy atom. The molecule has 5 heteroatoms. The van der Waals surface area contributed by atoms with E-state index in [1.54, 1.807) is 17.4 Å². The van der Waals surface area contributed by atoms with E-state index in [9.17, 15) is 9.18 Å². The molecular formula is C19H13ClFNOS. The summed E-state index contributed by atoms with van der Waals surface area (Å²) in [5, 5.41) is 5.59. The number of carbonyl (C=O) groups is 1. The zero-order valence-corrected chi connectivity index (χ0v) is 14.1. The van der Waals surface area contributed by atoms with Crippen LogP contribution < -0.4 is 5.32 Å². The van der Waals surface area contributed by atoms with E-state index in [-0.39, 0.29) is 17.6 Å². The molecule has 1 aliphatic heterocycles. The van der Waals surface area contributed by atoms with Crippen molar-refractivity contribution in [1.29, 1.82) is 0 Å². The van der Waals surface area contributed by atoms with Gasteiger partial charge in [0.1, 0.15) is 5.82 Å². The maximum atomic E-state index is 13.6. The van der Waals surface area contributed by atoms with Crippen LogP contribution in [-0.2, 0) is 4.79 Å². The summed E-state index contributed by atoms with van der Waals surface area (Å²) in [5.41, 5.74) is 3.42. The maximum Gasteiger partial charge on any atom is 0.225 e. The van der Waals surface area contributed by atoms with Crippen LogP contribution in [0.15, 0.2) is 53.9 Å². The van der Waals surface area contributed by atoms with Crippen LogP contribution in [0.1, 0.15) is 22.8 Å². The lowest BCUT2D eigenvalue weighted by Gasteiger charge is -2.24. The number of fused-ring (bicyclic) bond motifs is 1. The first-order chi connectivity index (χ1) is 11.6. The van der Waals surface area contributed by atoms with Gasteiger partial charge >= 0.3 is 0 Å². The van der Waals surface area contributed by atoms with Gasteiger partial charge in [-0.3, -0.25) is 4.79 Å². The first-order valence-electron chi connectivity index (χ1n) is 7.54. The molecule has 0 aliphatic carbocycles. The topological polar surface area (TPSA) is 29.1 Å². The second kappa shape index (κ2) is 6.04. The molecule has 1 amide bonds. The van der Waals surface area contributed by atoms with Gasteiger partial charge in [-0.25, -0.2) is 4.39 Å². The van der Waals surface area contributed by atoms with Gasteiger partial charge in [-0.15, -0.1) is 11.3 Å². The Balaban J connectivity index is 1.83. The molecule has 2 aromatic carbocycles. The number of benzene rings is 2. The van der Waals surface area contributed by atoms with E-state index in [0.29, 0.717) is 11.4 Å². The summed E-state index contributed by atoms with van der Waals surface area (Å²) in [5.74, 6) is -0.357. The van der Waals surface area contributed by atoms with Crippen molar-refractivity contribution in [3.8, 4) is 11.1 Å². The number of rotatable bonds is 2. The minimum Gasteiger partial charge on any atom is -0.325 e. The molecule has 1 aromatic heterocycles. The first-order valence-corrected chi connectivity index (χ1v) is 8.80. The molecule has 0 unspecified atom stereocenters. The Morgan fingerprint density at radius 3 is 2.79 bits per heavy atom. The predicted octanol–water partition coefficient (Wildman–Crippen LogP) is 5.68. The quantitative estimate of drug-likeness (QED) is 0.628. The second-order valence-corrected chi connectivity index (χ2v) is 7.11. The molecule has 0 saturated heterocycles. The van der Waals surface area contributed by atoms with Crippen LogP contribution in [0, 0.1) is 5.82 Å². The number of nitrogens with one attached hydrogen (secondary N) is 1. The monoisotopic (exact) mass is 357 g/mol. The zero-order chi connectivity index (χ0) is 16.7. The molecule has 0 spiro atoms. The highest BCUT2D eigenvalue weighted by Gasteiger charge is 2.30. The van der Waals surface area contributed by atoms with Crippen molar-refractivity contribution in [3.05, 3.63) is 75.2 Å². The molecule has 0 fully saturated rings. The number of anilines is 1. The predicted molar refractivity (Wildman–Crippen MR) is 96.3 cm³/mol. The van der Waals surface area contributed by atoms with E-state index in [1.807, 2.05) is 35.7 Å². The van der Waals surface area contributed by atoms with E-state index in [2.05, 4.69) is 5.32 Å². The third-order valence-electron chi connectivity index (χ3n) is 4.18. The Hall–Kier alpha value is -2.17. The van der Waals surface area contributed by atoms with E-state index in [1.165, 1.54) is 12.1 Å². The number of thiophene rings is 1. The Labute approximate surface area is 147 Å². The fraction of sp³-hybridized carbons (Fsp3) is 0.105. The summed E-state index contributed by atoms with van der Waals surface area (Å²) in [6.07, 6.45) is 0.385. The van der Waals surface area contributed by atoms with Crippen LogP contribution in [0.25, 0.3) is 11.1 Å². The van der Waals surface area contributed by atoms with Crippen LogP contribution in [0.5, 0.6) is 0 Å². The number of carbonyl (C=O) groups excluding carboxylic acids is 1. The van der Waals surface area contributed by atoms with Crippen LogP contribution in [0.4, 0.5) is 10.1 Å². The smallest absolute Gasteiger partial charge is 0.225 e. The highest BCUT2D eigenvalue weighted by Crippen LogP contribution is 2.46. The van der Waals surface area contributed by atoms with Crippen LogP contribution in [0.3, 0.4) is 0 Å². The minimum absolute atomic E-state index is 0.0280. The Bertz CT molecular complexity index is 937. The summed E-state index contributed by atoms with van der Waals surface area (Å²) >= 11 is 7.69. The van der Waals surface area contributed by atoms with Crippen molar-refractivity contribution < 1.29 is 9.18 Å². The molecule has 1 atom stereocenters. The SMILES string of the molecule is O=C1C[C@@H](c2cccc(Cl)c2)c2scc(-c3cccc(F)c3)c2N1. The van der Waals surface area contributed by atoms with Crippen molar-refractivity contribution in [2.75, 3.05) is 5.32 Å². The van der Waals surface area contributed by atoms with Crippen molar-refractivity contribution in [2.24, 2.45) is 0 Å². The van der Waals surface area contributed by atoms with E-state index < -0.39 is 0 Å². The fourth-order valence-corrected chi connectivity index (χ4v) is 4.45. The van der Waals surface area contributed by atoms with Crippen LogP contribution >= 0.6 is 22.9 Å². The van der Waals surface area contributed by atoms with E-state index in [4.69, 9.17) is 11.6 Å². The molecule has 1 N–H and O–H groups in total. The lowest BCUT2D eigenvalue weighted by molar-refractivity contribution is -0.116. The molecule has 2 heterocycles. The summed E-state index contributed by atoms with van der Waals surface area (Å²) in [6, 6.07) is 14.0. The first kappa shape index (κ1) is 15.4. The average molecular weight is 358 g/mol. The van der Waals surface area contributed by atoms with E-state index >= 15 is 0 Å². The van der Waals surface area contributed by atoms with Gasteiger partial charge in [0, 0.05) is 33.2 Å². The van der Waals surface area contributed by atoms with E-state index in [0.717, 1.165) is 27.3 Å². The number of hydrogen-bond donors (Lipinski definition) is 1. The summed E-state index contributed by atoms with van der Waals surface area (Å²) in [7, 11) is 0. The molecule has 2 nitrogen and oxygen atoms in total. The lowest BCUT2D eigenvalue weighted by atomic mass is 9.89. The third kappa shape index (κ3) is 2.72. The van der Waals surface area contributed by atoms with Crippen molar-refractivity contribution in [3.63, 3.8) is 0 Å². The number of amides is 1. The molecule has 0 saturated carbocycles. The van der Waals surface area contributed by atoms with Gasteiger partial charge in [-0.2, -0.15) is 0 Å². The summed E-state index contributed by atoms with van der Waals surface area (Å²) < 4.78 is 13.6. The molecule has 0 bridgehead atoms. The van der Waals surface area contributed by atoms with Gasteiger partial charge in [0.25, 0.3) is 0 Å². The normalized spacial score (nSPS) is 16.6. The molecule has 0 radical (unpaired) electrons. The molecule has 24 heavy (non-hydrogen) atoms. The average Bonchev–Trinajstić information content (AvgIpc) is 2.97. The number of hydrogen-bond acceptors (Lipinski definition) is 2. The third-order valence-corrected chi connectivity index (χ3v) is 5.51. The summed E-state index contributed by atoms with van der Waals surface area (Å²) in [4.78, 5) is 13.3. The molecule has 120 valence electrons. The largest absolute Gasteiger partial charge is 0.325 e. The Kier molecular flexibility index (Phi) is 3.87. The molecule has 4 rings (SSSR count). The highest BCUT2D eigenvalue weighted by molar-refractivity contribution is 7.11. The molecule has 1 aliphatic rings.